The molecule has 0 aromatic heterocycles. The molecule has 1 aliphatic carbocycles. The summed E-state index contributed by atoms with van der Waals surface area (Å²) in [6.07, 6.45) is 2.63. The van der Waals surface area contributed by atoms with Crippen molar-refractivity contribution in [2.75, 3.05) is 7.11 Å². The molecule has 0 bridgehead atoms. The number of carbonyl (C=O) groups is 1. The topological polar surface area (TPSA) is 26.3 Å². The molecule has 0 aromatic carbocycles. The van der Waals surface area contributed by atoms with E-state index in [4.69, 9.17) is 4.74 Å². The van der Waals surface area contributed by atoms with Crippen molar-refractivity contribution in [1.29, 1.82) is 0 Å². The summed E-state index contributed by atoms with van der Waals surface area (Å²) in [4.78, 5) is 11.2. The minimum atomic E-state index is -0.107. The summed E-state index contributed by atoms with van der Waals surface area (Å²) < 4.78 is 4.69. The second-order valence-electron chi connectivity index (χ2n) is 4.29. The molecule has 0 amide bonds. The van der Waals surface area contributed by atoms with Crippen LogP contribution in [-0.4, -0.2) is 13.1 Å². The molecule has 1 rings (SSSR count). The van der Waals surface area contributed by atoms with Gasteiger partial charge in [0.15, 0.2) is 0 Å². The van der Waals surface area contributed by atoms with Crippen LogP contribution in [0.3, 0.4) is 0 Å². The van der Waals surface area contributed by atoms with Crippen molar-refractivity contribution in [2.45, 2.75) is 33.1 Å². The minimum Gasteiger partial charge on any atom is -0.469 e. The fraction of sp³-hybridized carbons (Fsp3) is 0.727. The maximum absolute atomic E-state index is 11.2. The van der Waals surface area contributed by atoms with Gasteiger partial charge in [-0.1, -0.05) is 26.0 Å². The molecule has 0 aliphatic heterocycles. The Morgan fingerprint density at radius 3 is 2.77 bits per heavy atom. The van der Waals surface area contributed by atoms with Crippen molar-refractivity contribution in [3.05, 3.63) is 12.2 Å². The van der Waals surface area contributed by atoms with Crippen molar-refractivity contribution in [1.82, 2.24) is 0 Å². The molecular formula is C11H18O2. The van der Waals surface area contributed by atoms with Gasteiger partial charge in [0.25, 0.3) is 0 Å². The highest BCUT2D eigenvalue weighted by Gasteiger charge is 2.39. The molecule has 2 nitrogen and oxygen atoms in total. The normalized spacial score (nSPS) is 33.5. The lowest BCUT2D eigenvalue weighted by Crippen LogP contribution is -2.24. The highest BCUT2D eigenvalue weighted by Crippen LogP contribution is 2.47. The third-order valence-electron chi connectivity index (χ3n) is 3.45. The summed E-state index contributed by atoms with van der Waals surface area (Å²) in [5.74, 6) is 0.329. The van der Waals surface area contributed by atoms with Gasteiger partial charge in [-0.25, -0.2) is 0 Å². The lowest BCUT2D eigenvalue weighted by Gasteiger charge is -2.27. The summed E-state index contributed by atoms with van der Waals surface area (Å²) in [7, 11) is 1.44. The number of carbonyl (C=O) groups excluding carboxylic acids is 1. The monoisotopic (exact) mass is 182 g/mol. The van der Waals surface area contributed by atoms with Crippen LogP contribution in [0.25, 0.3) is 0 Å². The van der Waals surface area contributed by atoms with Crippen LogP contribution in [0, 0.1) is 11.3 Å². The molecule has 0 heterocycles. The van der Waals surface area contributed by atoms with Gasteiger partial charge in [-0.3, -0.25) is 4.79 Å². The molecule has 1 aliphatic rings. The predicted octanol–water partition coefficient (Wildman–Crippen LogP) is 2.54. The van der Waals surface area contributed by atoms with E-state index < -0.39 is 0 Å². The SMILES string of the molecule is C=C1CC[C@](C)(CC(=O)OC)C1C. The van der Waals surface area contributed by atoms with Gasteiger partial charge in [0.1, 0.15) is 0 Å². The molecule has 74 valence electrons. The highest BCUT2D eigenvalue weighted by molar-refractivity contribution is 5.70. The summed E-state index contributed by atoms with van der Waals surface area (Å²) in [6.45, 7) is 8.31. The van der Waals surface area contributed by atoms with Crippen LogP contribution in [0.1, 0.15) is 33.1 Å². The summed E-state index contributed by atoms with van der Waals surface area (Å²) in [5.41, 5.74) is 1.34. The second-order valence-corrected chi connectivity index (χ2v) is 4.29. The zero-order valence-electron chi connectivity index (χ0n) is 8.72. The molecule has 0 aromatic rings. The van der Waals surface area contributed by atoms with E-state index in [-0.39, 0.29) is 11.4 Å². The Bertz CT molecular complexity index is 232. The Morgan fingerprint density at radius 1 is 1.77 bits per heavy atom. The number of ether oxygens (including phenoxy) is 1. The first-order valence-electron chi connectivity index (χ1n) is 4.74. The van der Waals surface area contributed by atoms with Crippen molar-refractivity contribution < 1.29 is 9.53 Å². The molecule has 0 saturated heterocycles. The van der Waals surface area contributed by atoms with E-state index in [9.17, 15) is 4.79 Å². The molecule has 0 spiro atoms. The quantitative estimate of drug-likeness (QED) is 0.484. The summed E-state index contributed by atoms with van der Waals surface area (Å²) in [6, 6.07) is 0. The Labute approximate surface area is 80.0 Å². The predicted molar refractivity (Wildman–Crippen MR) is 52.3 cm³/mol. The number of allylic oxidation sites excluding steroid dienone is 1. The fourth-order valence-corrected chi connectivity index (χ4v) is 2.02. The van der Waals surface area contributed by atoms with Crippen LogP contribution in [-0.2, 0) is 9.53 Å². The van der Waals surface area contributed by atoms with E-state index in [0.29, 0.717) is 12.3 Å². The molecule has 0 N–H and O–H groups in total. The number of methoxy groups -OCH3 is 1. The fourth-order valence-electron chi connectivity index (χ4n) is 2.02. The lowest BCUT2D eigenvalue weighted by molar-refractivity contribution is -0.143. The van der Waals surface area contributed by atoms with Gasteiger partial charge in [-0.15, -0.1) is 0 Å². The number of rotatable bonds is 2. The van der Waals surface area contributed by atoms with E-state index in [1.165, 1.54) is 12.7 Å². The largest absolute Gasteiger partial charge is 0.469 e. The van der Waals surface area contributed by atoms with E-state index in [1.807, 2.05) is 0 Å². The Balaban J connectivity index is 2.66. The standard InChI is InChI=1S/C11H18O2/c1-8-5-6-11(3,9(8)2)7-10(12)13-4/h9H,1,5-7H2,2-4H3/t9?,11-/m1/s1. The van der Waals surface area contributed by atoms with Crippen LogP contribution in [0.4, 0.5) is 0 Å². The van der Waals surface area contributed by atoms with E-state index >= 15 is 0 Å². The molecule has 1 unspecified atom stereocenters. The highest BCUT2D eigenvalue weighted by atomic mass is 16.5. The minimum absolute atomic E-state index is 0.0736. The Morgan fingerprint density at radius 2 is 2.38 bits per heavy atom. The molecule has 1 saturated carbocycles. The van der Waals surface area contributed by atoms with E-state index in [2.05, 4.69) is 20.4 Å². The first-order valence-corrected chi connectivity index (χ1v) is 4.74. The van der Waals surface area contributed by atoms with Crippen molar-refractivity contribution in [2.24, 2.45) is 11.3 Å². The average molecular weight is 182 g/mol. The second kappa shape index (κ2) is 3.52. The van der Waals surface area contributed by atoms with Crippen LogP contribution < -0.4 is 0 Å². The molecule has 0 radical (unpaired) electrons. The molecule has 13 heavy (non-hydrogen) atoms. The van der Waals surface area contributed by atoms with Gasteiger partial charge in [-0.2, -0.15) is 0 Å². The van der Waals surface area contributed by atoms with Gasteiger partial charge in [0.05, 0.1) is 13.5 Å². The maximum Gasteiger partial charge on any atom is 0.306 e. The van der Waals surface area contributed by atoms with Crippen LogP contribution >= 0.6 is 0 Å². The van der Waals surface area contributed by atoms with Crippen LogP contribution in [0.5, 0.6) is 0 Å². The van der Waals surface area contributed by atoms with Crippen molar-refractivity contribution in [3.8, 4) is 0 Å². The Kier molecular flexibility index (Phi) is 2.79. The van der Waals surface area contributed by atoms with Crippen molar-refractivity contribution in [3.63, 3.8) is 0 Å². The van der Waals surface area contributed by atoms with E-state index in [0.717, 1.165) is 12.8 Å². The van der Waals surface area contributed by atoms with Crippen molar-refractivity contribution >= 4 is 5.97 Å². The van der Waals surface area contributed by atoms with Gasteiger partial charge in [-0.05, 0) is 24.2 Å². The Hall–Kier alpha value is -0.790. The van der Waals surface area contributed by atoms with Gasteiger partial charge in [0.2, 0.25) is 0 Å². The van der Waals surface area contributed by atoms with E-state index in [1.54, 1.807) is 0 Å². The van der Waals surface area contributed by atoms with Gasteiger partial charge in [0, 0.05) is 0 Å². The average Bonchev–Trinajstić information content (AvgIpc) is 2.34. The smallest absolute Gasteiger partial charge is 0.306 e. The maximum atomic E-state index is 11.2. The van der Waals surface area contributed by atoms with Crippen LogP contribution in [0.15, 0.2) is 12.2 Å². The first-order chi connectivity index (χ1) is 5.99. The zero-order chi connectivity index (χ0) is 10.1. The molecular weight excluding hydrogens is 164 g/mol. The number of esters is 1. The van der Waals surface area contributed by atoms with Crippen LogP contribution in [0.2, 0.25) is 0 Å². The summed E-state index contributed by atoms with van der Waals surface area (Å²) >= 11 is 0. The third kappa shape index (κ3) is 1.93. The molecule has 2 heteroatoms. The zero-order valence-corrected chi connectivity index (χ0v) is 8.72. The first kappa shape index (κ1) is 10.3. The number of hydrogen-bond donors (Lipinski definition) is 0. The molecule has 1 fully saturated rings. The molecule has 2 atom stereocenters. The summed E-state index contributed by atoms with van der Waals surface area (Å²) in [5, 5.41) is 0. The lowest BCUT2D eigenvalue weighted by atomic mass is 9.77. The number of hydrogen-bond acceptors (Lipinski definition) is 2. The van der Waals surface area contributed by atoms with Gasteiger partial charge < -0.3 is 4.74 Å². The third-order valence-corrected chi connectivity index (χ3v) is 3.45. The van der Waals surface area contributed by atoms with Gasteiger partial charge >= 0.3 is 5.97 Å².